The van der Waals surface area contributed by atoms with Crippen molar-refractivity contribution in [2.75, 3.05) is 0 Å². The van der Waals surface area contributed by atoms with Crippen LogP contribution < -0.4 is 4.74 Å². The van der Waals surface area contributed by atoms with E-state index in [1.54, 1.807) is 0 Å². The number of hydrogen-bond acceptors (Lipinski definition) is 5. The van der Waals surface area contributed by atoms with E-state index in [1.807, 2.05) is 49.1 Å². The van der Waals surface area contributed by atoms with Crippen LogP contribution in [0.5, 0.6) is 11.5 Å². The van der Waals surface area contributed by atoms with Gasteiger partial charge in [0.2, 0.25) is 0 Å². The van der Waals surface area contributed by atoms with Crippen LogP contribution in [0.4, 0.5) is 0 Å². The number of fused-ring (bicyclic) bond motifs is 12. The molecular formula is C52H48N6O. The average Bonchev–Trinajstić information content (AvgIpc) is 3.89. The lowest BCUT2D eigenvalue weighted by molar-refractivity contribution is 0.484. The molecule has 0 saturated heterocycles. The third-order valence-electron chi connectivity index (χ3n) is 12.0. The van der Waals surface area contributed by atoms with Crippen molar-refractivity contribution in [1.82, 2.24) is 28.7 Å². The second-order valence-electron chi connectivity index (χ2n) is 17.1. The summed E-state index contributed by atoms with van der Waals surface area (Å²) in [6, 6.07) is 34.2. The van der Waals surface area contributed by atoms with E-state index in [0.29, 0.717) is 23.7 Å². The molecule has 0 saturated carbocycles. The first-order valence-corrected chi connectivity index (χ1v) is 20.9. The molecular weight excluding hydrogens is 725 g/mol. The SMILES string of the molecule is CC(C)c1cccc(C(C)C)c1-c1cnc2c3ccc(Oc4ccc5c(c4)c4ncccc4n4c(-c6c(C(C)C)cccc6C(C)C)cnc54)cc3c3ncccc3n12. The predicted octanol–water partition coefficient (Wildman–Crippen LogP) is 14.0. The maximum absolute atomic E-state index is 6.72. The summed E-state index contributed by atoms with van der Waals surface area (Å²) in [5.74, 6) is 2.87. The molecule has 6 heterocycles. The highest BCUT2D eigenvalue weighted by Crippen LogP contribution is 2.42. The van der Waals surface area contributed by atoms with Crippen LogP contribution in [0.25, 0.3) is 77.4 Å². The molecule has 0 bridgehead atoms. The van der Waals surface area contributed by atoms with Crippen molar-refractivity contribution in [2.24, 2.45) is 0 Å². The topological polar surface area (TPSA) is 69.6 Å². The summed E-state index contributed by atoms with van der Waals surface area (Å²) in [5, 5.41) is 4.03. The largest absolute Gasteiger partial charge is 0.457 e. The van der Waals surface area contributed by atoms with Crippen LogP contribution in [0.3, 0.4) is 0 Å². The van der Waals surface area contributed by atoms with E-state index in [4.69, 9.17) is 24.7 Å². The maximum Gasteiger partial charge on any atom is 0.145 e. The van der Waals surface area contributed by atoms with Gasteiger partial charge < -0.3 is 4.74 Å². The van der Waals surface area contributed by atoms with Gasteiger partial charge in [0, 0.05) is 45.1 Å². The summed E-state index contributed by atoms with van der Waals surface area (Å²) < 4.78 is 11.3. The third-order valence-corrected chi connectivity index (χ3v) is 12.0. The minimum absolute atomic E-state index is 0.357. The van der Waals surface area contributed by atoms with Crippen LogP contribution in [0, 0.1) is 0 Å². The Morgan fingerprint density at radius 1 is 0.424 bits per heavy atom. The second-order valence-corrected chi connectivity index (χ2v) is 17.1. The number of hydrogen-bond donors (Lipinski definition) is 0. The van der Waals surface area contributed by atoms with Crippen molar-refractivity contribution in [1.29, 1.82) is 0 Å². The Hall–Kier alpha value is -6.60. The zero-order valence-corrected chi connectivity index (χ0v) is 34.9. The van der Waals surface area contributed by atoms with Gasteiger partial charge in [0.15, 0.2) is 0 Å². The maximum atomic E-state index is 6.72. The molecule has 0 radical (unpaired) electrons. The van der Waals surface area contributed by atoms with E-state index in [2.05, 4.69) is 137 Å². The van der Waals surface area contributed by atoms with Gasteiger partial charge in [0.1, 0.15) is 22.8 Å². The molecule has 4 aromatic carbocycles. The highest BCUT2D eigenvalue weighted by molar-refractivity contribution is 6.12. The third kappa shape index (κ3) is 5.77. The second kappa shape index (κ2) is 14.0. The fourth-order valence-electron chi connectivity index (χ4n) is 9.28. The van der Waals surface area contributed by atoms with Gasteiger partial charge in [-0.25, -0.2) is 9.97 Å². The number of rotatable bonds is 8. The Morgan fingerprint density at radius 3 is 1.19 bits per heavy atom. The molecule has 0 unspecified atom stereocenters. The van der Waals surface area contributed by atoms with Crippen LogP contribution >= 0.6 is 0 Å². The Bertz CT molecular complexity index is 3010. The minimum atomic E-state index is 0.357. The molecule has 10 rings (SSSR count). The van der Waals surface area contributed by atoms with Gasteiger partial charge >= 0.3 is 0 Å². The molecule has 0 spiro atoms. The number of nitrogens with zero attached hydrogens (tertiary/aromatic N) is 6. The Labute approximate surface area is 344 Å². The number of imidazole rings is 2. The van der Waals surface area contributed by atoms with Gasteiger partial charge in [0.05, 0.1) is 45.8 Å². The van der Waals surface area contributed by atoms with Crippen LogP contribution in [0.1, 0.15) is 101 Å². The van der Waals surface area contributed by atoms with Gasteiger partial charge in [-0.05, 0) is 107 Å². The normalized spacial score (nSPS) is 12.3. The van der Waals surface area contributed by atoms with Gasteiger partial charge in [-0.15, -0.1) is 0 Å². The molecule has 0 aliphatic heterocycles. The first kappa shape index (κ1) is 36.7. The van der Waals surface area contributed by atoms with Crippen molar-refractivity contribution in [3.63, 3.8) is 0 Å². The van der Waals surface area contributed by atoms with Gasteiger partial charge in [0.25, 0.3) is 0 Å². The molecule has 6 aromatic heterocycles. The molecule has 0 aliphatic carbocycles. The lowest BCUT2D eigenvalue weighted by Crippen LogP contribution is -2.03. The van der Waals surface area contributed by atoms with Crippen molar-refractivity contribution in [3.8, 4) is 34.0 Å². The van der Waals surface area contributed by atoms with Crippen LogP contribution in [-0.4, -0.2) is 28.7 Å². The monoisotopic (exact) mass is 772 g/mol. The van der Waals surface area contributed by atoms with E-state index >= 15 is 0 Å². The van der Waals surface area contributed by atoms with Crippen molar-refractivity contribution in [2.45, 2.75) is 79.1 Å². The fourth-order valence-corrected chi connectivity index (χ4v) is 9.28. The van der Waals surface area contributed by atoms with E-state index in [1.165, 1.54) is 33.4 Å². The van der Waals surface area contributed by atoms with E-state index in [-0.39, 0.29) is 0 Å². The first-order chi connectivity index (χ1) is 28.6. The molecule has 0 aliphatic rings. The summed E-state index contributed by atoms with van der Waals surface area (Å²) in [6.45, 7) is 18.1. The number of ether oxygens (including phenoxy) is 1. The molecule has 0 atom stereocenters. The van der Waals surface area contributed by atoms with Gasteiger partial charge in [-0.1, -0.05) is 91.8 Å². The number of aromatic nitrogens is 6. The van der Waals surface area contributed by atoms with Crippen LogP contribution in [0.15, 0.2) is 122 Å². The zero-order chi connectivity index (χ0) is 40.7. The molecule has 59 heavy (non-hydrogen) atoms. The molecule has 0 N–H and O–H groups in total. The summed E-state index contributed by atoms with van der Waals surface area (Å²) in [5.41, 5.74) is 15.6. The Morgan fingerprint density at radius 2 is 0.814 bits per heavy atom. The lowest BCUT2D eigenvalue weighted by Gasteiger charge is -2.20. The zero-order valence-electron chi connectivity index (χ0n) is 34.9. The quantitative estimate of drug-likeness (QED) is 0.144. The smallest absolute Gasteiger partial charge is 0.145 e. The minimum Gasteiger partial charge on any atom is -0.457 e. The molecule has 10 aromatic rings. The average molecular weight is 773 g/mol. The summed E-state index contributed by atoms with van der Waals surface area (Å²) in [4.78, 5) is 20.2. The van der Waals surface area contributed by atoms with E-state index in [9.17, 15) is 0 Å². The van der Waals surface area contributed by atoms with Gasteiger partial charge in [-0.3, -0.25) is 18.8 Å². The Balaban J connectivity index is 1.11. The van der Waals surface area contributed by atoms with Crippen molar-refractivity contribution >= 4 is 54.9 Å². The van der Waals surface area contributed by atoms with Crippen LogP contribution in [-0.2, 0) is 0 Å². The summed E-state index contributed by atoms with van der Waals surface area (Å²) in [6.07, 6.45) is 7.82. The standard InChI is InChI=1S/C52H48N6O/c1-29(2)35-13-9-14-36(30(3)4)47(35)45-27-55-51-39-21-19-33(25-41(39)49-43(57(45)51)17-11-23-53-49)59-34-20-22-40-42(26-34)50-44(18-12-24-54-50)58-46(28-56-52(40)58)48-37(31(5)6)15-10-16-38(48)32(7)8/h9-32H,1-8H3. The molecule has 7 heteroatoms. The summed E-state index contributed by atoms with van der Waals surface area (Å²) >= 11 is 0. The summed E-state index contributed by atoms with van der Waals surface area (Å²) in [7, 11) is 0. The van der Waals surface area contributed by atoms with E-state index in [0.717, 1.165) is 77.8 Å². The number of pyridine rings is 4. The van der Waals surface area contributed by atoms with Gasteiger partial charge in [-0.2, -0.15) is 0 Å². The predicted molar refractivity (Wildman–Crippen MR) is 243 cm³/mol. The number of benzene rings is 4. The molecule has 0 fully saturated rings. The van der Waals surface area contributed by atoms with Crippen LogP contribution in [0.2, 0.25) is 0 Å². The van der Waals surface area contributed by atoms with E-state index < -0.39 is 0 Å². The molecule has 292 valence electrons. The lowest BCUT2D eigenvalue weighted by atomic mass is 9.87. The highest BCUT2D eigenvalue weighted by atomic mass is 16.5. The molecule has 0 amide bonds. The highest BCUT2D eigenvalue weighted by Gasteiger charge is 2.24. The Kier molecular flexibility index (Phi) is 8.74. The van der Waals surface area contributed by atoms with Crippen molar-refractivity contribution < 1.29 is 4.74 Å². The molecule has 7 nitrogen and oxygen atoms in total. The fraction of sp³-hybridized carbons (Fsp3) is 0.231. The van der Waals surface area contributed by atoms with Crippen molar-refractivity contribution in [3.05, 3.63) is 144 Å². The first-order valence-electron chi connectivity index (χ1n) is 20.9.